The molecule has 5 heteroatoms. The molecule has 0 saturated heterocycles. The summed E-state index contributed by atoms with van der Waals surface area (Å²) in [7, 11) is 1.34. The molecular formula is C12H18N2O3. The normalized spacial score (nSPS) is 11.9. The van der Waals surface area contributed by atoms with Gasteiger partial charge in [0.05, 0.1) is 13.7 Å². The van der Waals surface area contributed by atoms with Crippen molar-refractivity contribution < 1.29 is 14.3 Å². The van der Waals surface area contributed by atoms with E-state index in [9.17, 15) is 4.79 Å². The number of nitrogens with one attached hydrogen (secondary N) is 1. The van der Waals surface area contributed by atoms with Crippen molar-refractivity contribution in [3.8, 4) is 0 Å². The van der Waals surface area contributed by atoms with E-state index in [0.717, 1.165) is 5.69 Å². The summed E-state index contributed by atoms with van der Waals surface area (Å²) in [6.07, 6.45) is 1.57. The summed E-state index contributed by atoms with van der Waals surface area (Å²) in [5.41, 5.74) is 1.12. The molecule has 0 aliphatic carbocycles. The largest absolute Gasteiger partial charge is 0.464 e. The number of rotatable bonds is 6. The number of hydrogen-bond donors (Lipinski definition) is 1. The number of methoxy groups -OCH3 is 1. The van der Waals surface area contributed by atoms with Gasteiger partial charge in [-0.15, -0.1) is 0 Å². The maximum atomic E-state index is 11.3. The van der Waals surface area contributed by atoms with Crippen LogP contribution in [-0.2, 0) is 9.47 Å². The highest BCUT2D eigenvalue weighted by Gasteiger charge is 2.08. The summed E-state index contributed by atoms with van der Waals surface area (Å²) in [5, 5.41) is 3.22. The third-order valence-electron chi connectivity index (χ3n) is 2.14. The number of pyridine rings is 1. The van der Waals surface area contributed by atoms with Gasteiger partial charge in [-0.25, -0.2) is 9.78 Å². The second-order valence-corrected chi connectivity index (χ2v) is 3.63. The Labute approximate surface area is 101 Å². The van der Waals surface area contributed by atoms with Crippen molar-refractivity contribution >= 4 is 11.7 Å². The van der Waals surface area contributed by atoms with E-state index >= 15 is 0 Å². The Balaban J connectivity index is 2.62. The standard InChI is InChI=1S/C12H18N2O3/c1-4-17-8-9(2)14-10-5-6-13-11(7-10)12(15)16-3/h5-7,9H,4,8H2,1-3H3,(H,13,14). The summed E-state index contributed by atoms with van der Waals surface area (Å²) in [6, 6.07) is 3.63. The van der Waals surface area contributed by atoms with Crippen LogP contribution >= 0.6 is 0 Å². The lowest BCUT2D eigenvalue weighted by Gasteiger charge is -2.15. The molecule has 1 aromatic heterocycles. The molecule has 0 bridgehead atoms. The van der Waals surface area contributed by atoms with Crippen molar-refractivity contribution in [2.45, 2.75) is 19.9 Å². The quantitative estimate of drug-likeness (QED) is 0.764. The van der Waals surface area contributed by atoms with E-state index < -0.39 is 5.97 Å². The fourth-order valence-electron chi connectivity index (χ4n) is 1.36. The first kappa shape index (κ1) is 13.4. The number of carbonyl (C=O) groups is 1. The Kier molecular flexibility index (Phi) is 5.42. The topological polar surface area (TPSA) is 60.5 Å². The van der Waals surface area contributed by atoms with Crippen LogP contribution < -0.4 is 5.32 Å². The van der Waals surface area contributed by atoms with E-state index in [1.807, 2.05) is 13.8 Å². The molecule has 0 aromatic carbocycles. The summed E-state index contributed by atoms with van der Waals surface area (Å²) in [5.74, 6) is -0.439. The molecule has 1 aromatic rings. The number of carbonyl (C=O) groups excluding carboxylic acids is 1. The van der Waals surface area contributed by atoms with E-state index in [-0.39, 0.29) is 6.04 Å². The molecule has 0 aliphatic rings. The first-order valence-corrected chi connectivity index (χ1v) is 5.56. The van der Waals surface area contributed by atoms with E-state index in [1.165, 1.54) is 7.11 Å². The highest BCUT2D eigenvalue weighted by Crippen LogP contribution is 2.10. The number of ether oxygens (including phenoxy) is 2. The van der Waals surface area contributed by atoms with Crippen LogP contribution in [0.1, 0.15) is 24.3 Å². The van der Waals surface area contributed by atoms with Gasteiger partial charge >= 0.3 is 5.97 Å². The van der Waals surface area contributed by atoms with E-state index in [2.05, 4.69) is 15.0 Å². The van der Waals surface area contributed by atoms with Gasteiger partial charge < -0.3 is 14.8 Å². The van der Waals surface area contributed by atoms with Gasteiger partial charge in [-0.3, -0.25) is 0 Å². The molecule has 1 N–H and O–H groups in total. The number of anilines is 1. The second kappa shape index (κ2) is 6.85. The second-order valence-electron chi connectivity index (χ2n) is 3.63. The molecule has 0 fully saturated rings. The number of esters is 1. The van der Waals surface area contributed by atoms with Crippen molar-refractivity contribution in [1.82, 2.24) is 4.98 Å². The summed E-state index contributed by atoms with van der Waals surface area (Å²) < 4.78 is 9.90. The van der Waals surface area contributed by atoms with Crippen molar-refractivity contribution in [3.63, 3.8) is 0 Å². The molecule has 5 nitrogen and oxygen atoms in total. The third kappa shape index (κ3) is 4.40. The minimum absolute atomic E-state index is 0.169. The van der Waals surface area contributed by atoms with Gasteiger partial charge in [0.1, 0.15) is 5.69 Å². The van der Waals surface area contributed by atoms with Crippen molar-refractivity contribution in [1.29, 1.82) is 0 Å². The summed E-state index contributed by atoms with van der Waals surface area (Å²) in [4.78, 5) is 15.2. The van der Waals surface area contributed by atoms with Gasteiger partial charge in [0.25, 0.3) is 0 Å². The van der Waals surface area contributed by atoms with Crippen molar-refractivity contribution in [2.24, 2.45) is 0 Å². The minimum atomic E-state index is -0.439. The van der Waals surface area contributed by atoms with Gasteiger partial charge in [-0.1, -0.05) is 0 Å². The molecule has 94 valence electrons. The minimum Gasteiger partial charge on any atom is -0.464 e. The monoisotopic (exact) mass is 238 g/mol. The molecule has 0 aliphatic heterocycles. The van der Waals surface area contributed by atoms with Crippen molar-refractivity contribution in [3.05, 3.63) is 24.0 Å². The van der Waals surface area contributed by atoms with Crippen LogP contribution in [0.25, 0.3) is 0 Å². The van der Waals surface area contributed by atoms with Crippen molar-refractivity contribution in [2.75, 3.05) is 25.6 Å². The predicted molar refractivity (Wildman–Crippen MR) is 65.2 cm³/mol. The number of hydrogen-bond acceptors (Lipinski definition) is 5. The molecule has 0 spiro atoms. The maximum Gasteiger partial charge on any atom is 0.356 e. The molecule has 1 rings (SSSR count). The molecule has 17 heavy (non-hydrogen) atoms. The first-order chi connectivity index (χ1) is 8.17. The van der Waals surface area contributed by atoms with Gasteiger partial charge in [0.2, 0.25) is 0 Å². The average molecular weight is 238 g/mol. The van der Waals surface area contributed by atoms with Crippen LogP contribution in [0.2, 0.25) is 0 Å². The van der Waals surface area contributed by atoms with Crippen LogP contribution in [0.4, 0.5) is 5.69 Å². The van der Waals surface area contributed by atoms with Crippen LogP contribution in [0, 0.1) is 0 Å². The van der Waals surface area contributed by atoms with Gasteiger partial charge in [-0.2, -0.15) is 0 Å². The number of aromatic nitrogens is 1. The Morgan fingerprint density at radius 3 is 3.00 bits per heavy atom. The fourth-order valence-corrected chi connectivity index (χ4v) is 1.36. The van der Waals surface area contributed by atoms with E-state index in [0.29, 0.717) is 18.9 Å². The molecule has 1 unspecified atom stereocenters. The summed E-state index contributed by atoms with van der Waals surface area (Å²) >= 11 is 0. The predicted octanol–water partition coefficient (Wildman–Crippen LogP) is 1.71. The highest BCUT2D eigenvalue weighted by atomic mass is 16.5. The lowest BCUT2D eigenvalue weighted by molar-refractivity contribution is 0.0594. The zero-order valence-electron chi connectivity index (χ0n) is 10.4. The van der Waals surface area contributed by atoms with E-state index in [4.69, 9.17) is 4.74 Å². The average Bonchev–Trinajstić information content (AvgIpc) is 2.35. The fraction of sp³-hybridized carbons (Fsp3) is 0.500. The molecule has 1 atom stereocenters. The lowest BCUT2D eigenvalue weighted by Crippen LogP contribution is -2.22. The smallest absolute Gasteiger partial charge is 0.356 e. The summed E-state index contributed by atoms with van der Waals surface area (Å²) in [6.45, 7) is 5.27. The number of nitrogens with zero attached hydrogens (tertiary/aromatic N) is 1. The maximum absolute atomic E-state index is 11.3. The van der Waals surface area contributed by atoms with Crippen LogP contribution in [-0.4, -0.2) is 37.3 Å². The zero-order valence-corrected chi connectivity index (χ0v) is 10.4. The van der Waals surface area contributed by atoms with Crippen LogP contribution in [0.3, 0.4) is 0 Å². The van der Waals surface area contributed by atoms with Gasteiger partial charge in [-0.05, 0) is 26.0 Å². The Morgan fingerprint density at radius 2 is 2.35 bits per heavy atom. The van der Waals surface area contributed by atoms with E-state index in [1.54, 1.807) is 18.3 Å². The third-order valence-corrected chi connectivity index (χ3v) is 2.14. The molecule has 0 amide bonds. The molecule has 0 saturated carbocycles. The molecule has 0 radical (unpaired) electrons. The SMILES string of the molecule is CCOCC(C)Nc1ccnc(C(=O)OC)c1. The lowest BCUT2D eigenvalue weighted by atomic mass is 10.3. The van der Waals surface area contributed by atoms with Crippen LogP contribution in [0.15, 0.2) is 18.3 Å². The first-order valence-electron chi connectivity index (χ1n) is 5.56. The molecular weight excluding hydrogens is 220 g/mol. The van der Waals surface area contributed by atoms with Gasteiger partial charge in [0.15, 0.2) is 0 Å². The Bertz CT molecular complexity index is 369. The Hall–Kier alpha value is -1.62. The molecule has 1 heterocycles. The van der Waals surface area contributed by atoms with Gasteiger partial charge in [0, 0.05) is 24.5 Å². The van der Waals surface area contributed by atoms with Crippen LogP contribution in [0.5, 0.6) is 0 Å². The Morgan fingerprint density at radius 1 is 1.59 bits per heavy atom. The zero-order chi connectivity index (χ0) is 12.7. The highest BCUT2D eigenvalue weighted by molar-refractivity contribution is 5.88.